The average Bonchev–Trinajstić information content (AvgIpc) is 2.43. The van der Waals surface area contributed by atoms with E-state index in [9.17, 15) is 25.9 Å². The van der Waals surface area contributed by atoms with Gasteiger partial charge in [-0.1, -0.05) is 0 Å². The van der Waals surface area contributed by atoms with Crippen molar-refractivity contribution in [2.75, 3.05) is 11.5 Å². The molecule has 0 unspecified atom stereocenters. The van der Waals surface area contributed by atoms with Gasteiger partial charge in [-0.05, 0) is 36.4 Å². The van der Waals surface area contributed by atoms with Crippen LogP contribution in [0.25, 0.3) is 0 Å². The monoisotopic (exact) mass is 472 g/mol. The van der Waals surface area contributed by atoms with Crippen molar-refractivity contribution >= 4 is 56.9 Å². The van der Waals surface area contributed by atoms with E-state index in [1.165, 1.54) is 24.3 Å². The maximum Gasteiger partial charge on any atom is 2.00 e. The summed E-state index contributed by atoms with van der Waals surface area (Å²) in [6, 6.07) is 7.24. The van der Waals surface area contributed by atoms with Crippen molar-refractivity contribution in [3.8, 4) is 0 Å². The Bertz CT molecular complexity index is 884. The second-order valence-electron chi connectivity index (χ2n) is 4.35. The molecule has 0 heterocycles. The first-order valence-electron chi connectivity index (χ1n) is 5.91. The zero-order chi connectivity index (χ0) is 18.7. The minimum atomic E-state index is -4.41. The Morgan fingerprint density at radius 1 is 0.720 bits per heavy atom. The number of hydrogen-bond acceptors (Lipinski definition) is 10. The van der Waals surface area contributed by atoms with Crippen LogP contribution < -0.4 is 11.5 Å². The third kappa shape index (κ3) is 7.52. The zero-order valence-corrected chi connectivity index (χ0v) is 18.9. The molecular weight excluding hydrogens is 462 g/mol. The Kier molecular flexibility index (Phi) is 8.92. The van der Waals surface area contributed by atoms with Gasteiger partial charge in [0.2, 0.25) is 0 Å². The fourth-order valence-corrected chi connectivity index (χ4v) is 2.67. The molecule has 2 aromatic carbocycles. The van der Waals surface area contributed by atoms with E-state index in [0.29, 0.717) is 9.79 Å². The van der Waals surface area contributed by atoms with E-state index in [2.05, 4.69) is 25.3 Å². The van der Waals surface area contributed by atoms with Gasteiger partial charge in [-0.2, -0.15) is 0 Å². The van der Waals surface area contributed by atoms with Gasteiger partial charge in [-0.15, -0.1) is 25.3 Å². The van der Waals surface area contributed by atoms with Gasteiger partial charge >= 0.3 is 19.5 Å². The molecule has 0 bridgehead atoms. The first-order valence-corrected chi connectivity index (χ1v) is 9.62. The molecule has 2 rings (SSSR count). The van der Waals surface area contributed by atoms with Crippen LogP contribution in [-0.4, -0.2) is 25.9 Å². The SMILES string of the molecule is Nc1cc(S(=O)(=O)[O-])ccc1S.Nc1cc(S(=O)(=O)[O-])ccc1S.[Zn+2]. The quantitative estimate of drug-likeness (QED) is 0.216. The van der Waals surface area contributed by atoms with Crippen molar-refractivity contribution in [2.24, 2.45) is 0 Å². The first-order chi connectivity index (χ1) is 10.8. The zero-order valence-electron chi connectivity index (χ0n) is 12.5. The van der Waals surface area contributed by atoms with Crippen LogP contribution in [0.2, 0.25) is 0 Å². The number of rotatable bonds is 2. The standard InChI is InChI=1S/2C6H7NO3S2.Zn/c2*7-5-3-4(12(8,9)10)1-2-6(5)11;/h2*1-3,11H,7H2,(H,8,9,10);/q;;+2/p-2. The van der Waals surface area contributed by atoms with Gasteiger partial charge in [0, 0.05) is 21.2 Å². The molecular formula is C12H12N2O6S4Zn. The van der Waals surface area contributed by atoms with Crippen molar-refractivity contribution in [2.45, 2.75) is 19.6 Å². The van der Waals surface area contributed by atoms with Crippen molar-refractivity contribution in [3.63, 3.8) is 0 Å². The molecule has 0 aliphatic rings. The first kappa shape index (κ1) is 24.2. The molecule has 0 atom stereocenters. The Morgan fingerprint density at radius 2 is 1.00 bits per heavy atom. The van der Waals surface area contributed by atoms with Crippen LogP contribution in [0.5, 0.6) is 0 Å². The number of hydrogen-bond donors (Lipinski definition) is 4. The number of nitrogen functional groups attached to an aromatic ring is 2. The van der Waals surface area contributed by atoms with E-state index in [1.54, 1.807) is 0 Å². The van der Waals surface area contributed by atoms with Crippen LogP contribution in [0.15, 0.2) is 56.0 Å². The van der Waals surface area contributed by atoms with Crippen molar-refractivity contribution in [1.29, 1.82) is 0 Å². The van der Waals surface area contributed by atoms with Gasteiger partial charge in [-0.25, -0.2) is 16.8 Å². The van der Waals surface area contributed by atoms with E-state index >= 15 is 0 Å². The summed E-state index contributed by atoms with van der Waals surface area (Å²) < 4.78 is 62.8. The molecule has 0 radical (unpaired) electrons. The predicted octanol–water partition coefficient (Wildman–Crippen LogP) is 0.921. The van der Waals surface area contributed by atoms with E-state index in [1.807, 2.05) is 0 Å². The number of nitrogens with two attached hydrogens (primary N) is 2. The molecule has 2 aromatic rings. The Hall–Kier alpha value is -0.817. The van der Waals surface area contributed by atoms with Gasteiger partial charge in [0.25, 0.3) is 0 Å². The summed E-state index contributed by atoms with van der Waals surface area (Å²) in [6.45, 7) is 0. The maximum atomic E-state index is 10.5. The molecule has 4 N–H and O–H groups in total. The van der Waals surface area contributed by atoms with E-state index in [0.717, 1.165) is 12.1 Å². The Labute approximate surface area is 169 Å². The summed E-state index contributed by atoms with van der Waals surface area (Å²) in [5.74, 6) is 0. The summed E-state index contributed by atoms with van der Waals surface area (Å²) >= 11 is 7.84. The molecule has 0 saturated carbocycles. The molecule has 0 amide bonds. The minimum absolute atomic E-state index is 0. The second-order valence-corrected chi connectivity index (χ2v) is 8.07. The molecule has 0 spiro atoms. The van der Waals surface area contributed by atoms with Gasteiger partial charge in [0.05, 0.1) is 9.79 Å². The van der Waals surface area contributed by atoms with Crippen molar-refractivity contribution < 1.29 is 45.4 Å². The number of benzene rings is 2. The van der Waals surface area contributed by atoms with Gasteiger partial charge in [0.15, 0.2) is 0 Å². The third-order valence-electron chi connectivity index (χ3n) is 2.58. The fourth-order valence-electron chi connectivity index (χ4n) is 1.38. The molecule has 0 fully saturated rings. The van der Waals surface area contributed by atoms with Crippen LogP contribution in [0, 0.1) is 0 Å². The molecule has 25 heavy (non-hydrogen) atoms. The van der Waals surface area contributed by atoms with Crippen LogP contribution in [0.4, 0.5) is 11.4 Å². The fraction of sp³-hybridized carbons (Fsp3) is 0. The third-order valence-corrected chi connectivity index (χ3v) is 5.05. The van der Waals surface area contributed by atoms with E-state index in [-0.39, 0.29) is 40.6 Å². The molecule has 132 valence electrons. The van der Waals surface area contributed by atoms with E-state index < -0.39 is 20.2 Å². The maximum absolute atomic E-state index is 10.5. The summed E-state index contributed by atoms with van der Waals surface area (Å²) in [5, 5.41) is 0. The predicted molar refractivity (Wildman–Crippen MR) is 92.1 cm³/mol. The molecule has 8 nitrogen and oxygen atoms in total. The van der Waals surface area contributed by atoms with Crippen LogP contribution in [0.1, 0.15) is 0 Å². The van der Waals surface area contributed by atoms with Crippen molar-refractivity contribution in [3.05, 3.63) is 36.4 Å². The Balaban J connectivity index is 0.000000443. The number of anilines is 2. The number of thiol groups is 2. The minimum Gasteiger partial charge on any atom is -0.744 e. The molecule has 0 aliphatic carbocycles. The van der Waals surface area contributed by atoms with Crippen LogP contribution in [-0.2, 0) is 39.7 Å². The summed E-state index contributed by atoms with van der Waals surface area (Å²) in [5.41, 5.74) is 11.0. The average molecular weight is 474 g/mol. The van der Waals surface area contributed by atoms with Crippen molar-refractivity contribution in [1.82, 2.24) is 0 Å². The second kappa shape index (κ2) is 9.22. The summed E-state index contributed by atoms with van der Waals surface area (Å²) in [4.78, 5) is 0.223. The van der Waals surface area contributed by atoms with Gasteiger partial charge in [-0.3, -0.25) is 0 Å². The van der Waals surface area contributed by atoms with E-state index in [4.69, 9.17) is 11.5 Å². The van der Waals surface area contributed by atoms with Gasteiger partial charge in [0.1, 0.15) is 20.2 Å². The normalized spacial score (nSPS) is 11.0. The van der Waals surface area contributed by atoms with Crippen LogP contribution in [0.3, 0.4) is 0 Å². The summed E-state index contributed by atoms with van der Waals surface area (Å²) in [6.07, 6.45) is 0. The largest absolute Gasteiger partial charge is 2.00 e. The molecule has 0 aliphatic heterocycles. The van der Waals surface area contributed by atoms with Crippen LogP contribution >= 0.6 is 25.3 Å². The topological polar surface area (TPSA) is 166 Å². The summed E-state index contributed by atoms with van der Waals surface area (Å²) in [7, 11) is -8.81. The molecule has 0 saturated heterocycles. The van der Waals surface area contributed by atoms with Gasteiger partial charge < -0.3 is 20.6 Å². The molecule has 0 aromatic heterocycles. The Morgan fingerprint density at radius 3 is 1.20 bits per heavy atom. The smallest absolute Gasteiger partial charge is 0.744 e. The molecule has 13 heteroatoms.